The van der Waals surface area contributed by atoms with Crippen LogP contribution in [0.2, 0.25) is 0 Å². The van der Waals surface area contributed by atoms with Crippen molar-refractivity contribution in [2.24, 2.45) is 0 Å². The summed E-state index contributed by atoms with van der Waals surface area (Å²) in [7, 11) is 0. The molecular formula is C60H32N8O11S2. The van der Waals surface area contributed by atoms with E-state index in [-0.39, 0.29) is 46.2 Å². The Hall–Kier alpha value is -11.2. The van der Waals surface area contributed by atoms with E-state index < -0.39 is 22.5 Å². The molecule has 0 bridgehead atoms. The van der Waals surface area contributed by atoms with Crippen LogP contribution in [-0.4, -0.2) is 39.9 Å². The Balaban J connectivity index is 0.000000114. The number of rotatable bonds is 6. The normalized spacial score (nSPS) is 11.3. The van der Waals surface area contributed by atoms with Crippen LogP contribution in [0.5, 0.6) is 0 Å². The van der Waals surface area contributed by atoms with Gasteiger partial charge in [-0.1, -0.05) is 72.8 Å². The molecule has 0 aliphatic heterocycles. The number of benzene rings is 6. The molecule has 19 nitrogen and oxygen atoms in total. The molecule has 0 radical (unpaired) electrons. The van der Waals surface area contributed by atoms with Crippen LogP contribution >= 0.6 is 22.7 Å². The fraction of sp³-hybridized carbons (Fsp3) is 0. The molecule has 81 heavy (non-hydrogen) atoms. The molecule has 21 heteroatoms. The Morgan fingerprint density at radius 2 is 0.543 bits per heavy atom. The summed E-state index contributed by atoms with van der Waals surface area (Å²) < 4.78 is 26.9. The number of thiophene rings is 2. The third kappa shape index (κ3) is 9.72. The van der Waals surface area contributed by atoms with Gasteiger partial charge >= 0.3 is 22.5 Å². The van der Waals surface area contributed by atoms with E-state index in [0.29, 0.717) is 86.8 Å². The number of nitrogens with one attached hydrogen (secondary N) is 2. The molecule has 0 unspecified atom stereocenters. The fourth-order valence-electron chi connectivity index (χ4n) is 8.63. The van der Waals surface area contributed by atoms with E-state index in [1.165, 1.54) is 22.7 Å². The van der Waals surface area contributed by atoms with Gasteiger partial charge < -0.3 is 32.1 Å². The van der Waals surface area contributed by atoms with Gasteiger partial charge in [0.15, 0.2) is 23.2 Å². The molecule has 0 saturated carbocycles. The fourth-order valence-corrected chi connectivity index (χ4v) is 10.4. The quantitative estimate of drug-likeness (QED) is 0.156. The molecule has 15 rings (SSSR count). The summed E-state index contributed by atoms with van der Waals surface area (Å²) in [5, 5.41) is 2.74. The number of aromatic nitrogens is 8. The van der Waals surface area contributed by atoms with Crippen LogP contribution in [0.25, 0.3) is 132 Å². The highest BCUT2D eigenvalue weighted by atomic mass is 32.1. The Labute approximate surface area is 458 Å². The van der Waals surface area contributed by atoms with Crippen molar-refractivity contribution in [3.63, 3.8) is 0 Å². The zero-order valence-corrected chi connectivity index (χ0v) is 42.9. The van der Waals surface area contributed by atoms with Crippen LogP contribution in [-0.2, 0) is 0 Å². The Morgan fingerprint density at radius 3 is 0.901 bits per heavy atom. The lowest BCUT2D eigenvalue weighted by Crippen LogP contribution is -2.09. The van der Waals surface area contributed by atoms with E-state index in [9.17, 15) is 28.8 Å². The number of nitrogens with zero attached hydrogens (tertiary/aromatic N) is 6. The van der Waals surface area contributed by atoms with Gasteiger partial charge in [0.1, 0.15) is 0 Å². The highest BCUT2D eigenvalue weighted by Gasteiger charge is 2.19. The number of fused-ring (bicyclic) bond motifs is 6. The average Bonchev–Trinajstić information content (AvgIpc) is 4.34. The molecule has 2 N–H and O–H groups in total. The average molecular weight is 1110 g/mol. The molecule has 0 atom stereocenters. The molecule has 0 amide bonds. The minimum Gasteiger partial charge on any atom is -0.446 e. The van der Waals surface area contributed by atoms with E-state index in [4.69, 9.17) is 22.1 Å². The summed E-state index contributed by atoms with van der Waals surface area (Å²) in [6.07, 6.45) is 0. The van der Waals surface area contributed by atoms with Gasteiger partial charge in [-0.2, -0.15) is 0 Å². The first-order valence-electron chi connectivity index (χ1n) is 24.5. The zero-order valence-electron chi connectivity index (χ0n) is 41.3. The lowest BCUT2D eigenvalue weighted by molar-refractivity contribution is 0.465. The third-order valence-corrected chi connectivity index (χ3v) is 14.7. The van der Waals surface area contributed by atoms with Crippen molar-refractivity contribution >= 4 is 88.1 Å². The predicted octanol–water partition coefficient (Wildman–Crippen LogP) is 11.3. The summed E-state index contributed by atoms with van der Waals surface area (Å²) in [6, 6.07) is 52.6. The number of hydrogen-bond donors (Lipinski definition) is 2. The molecular weight excluding hydrogens is 1070 g/mol. The van der Waals surface area contributed by atoms with Gasteiger partial charge in [0, 0.05) is 0 Å². The van der Waals surface area contributed by atoms with Gasteiger partial charge in [0.25, 0.3) is 22.9 Å². The molecule has 0 saturated heterocycles. The topological polar surface area (TPSA) is 277 Å². The second kappa shape index (κ2) is 20.7. The first-order valence-corrected chi connectivity index (χ1v) is 26.1. The minimum atomic E-state index is -0.510. The van der Waals surface area contributed by atoms with Gasteiger partial charge in [-0.25, -0.2) is 49.1 Å². The second-order valence-electron chi connectivity index (χ2n) is 17.6. The molecule has 390 valence electrons. The van der Waals surface area contributed by atoms with Crippen molar-refractivity contribution in [3.05, 3.63) is 244 Å². The molecule has 9 heterocycles. The Bertz CT molecular complexity index is 4500. The van der Waals surface area contributed by atoms with E-state index in [0.717, 1.165) is 9.75 Å². The van der Waals surface area contributed by atoms with E-state index in [1.807, 2.05) is 60.7 Å². The van der Waals surface area contributed by atoms with Gasteiger partial charge in [-0.15, -0.1) is 22.7 Å². The maximum absolute atomic E-state index is 12.3. The van der Waals surface area contributed by atoms with E-state index in [1.54, 1.807) is 121 Å². The number of para-hydroxylation sites is 6. The van der Waals surface area contributed by atoms with Crippen molar-refractivity contribution in [3.8, 4) is 66.2 Å². The lowest BCUT2D eigenvalue weighted by atomic mass is 10.2. The summed E-state index contributed by atoms with van der Waals surface area (Å²) in [6.45, 7) is 0. The number of furan rings is 1. The van der Waals surface area contributed by atoms with Crippen LogP contribution < -0.4 is 33.6 Å². The van der Waals surface area contributed by atoms with Crippen molar-refractivity contribution in [1.29, 1.82) is 0 Å². The van der Waals surface area contributed by atoms with Crippen LogP contribution in [0.3, 0.4) is 0 Å². The molecule has 6 aromatic carbocycles. The summed E-state index contributed by atoms with van der Waals surface area (Å²) >= 11 is 2.69. The van der Waals surface area contributed by atoms with Gasteiger partial charge in [-0.3, -0.25) is 9.59 Å². The molecule has 0 fully saturated rings. The minimum absolute atomic E-state index is 0.0353. The van der Waals surface area contributed by atoms with Crippen LogP contribution in [0.15, 0.2) is 233 Å². The maximum atomic E-state index is 12.3. The molecule has 15 aromatic rings. The van der Waals surface area contributed by atoms with Crippen LogP contribution in [0, 0.1) is 0 Å². The molecule has 9 aromatic heterocycles. The number of aromatic amines is 2. The number of hydrogen-bond acceptors (Lipinski definition) is 19. The zero-order chi connectivity index (χ0) is 55.1. The number of H-pyrrole nitrogens is 2. The predicted molar refractivity (Wildman–Crippen MR) is 307 cm³/mol. The summed E-state index contributed by atoms with van der Waals surface area (Å²) in [5.41, 5.74) is 1.14. The third-order valence-electron chi connectivity index (χ3n) is 12.5. The first kappa shape index (κ1) is 49.4. The van der Waals surface area contributed by atoms with E-state index in [2.05, 4.69) is 39.9 Å². The molecule has 0 aliphatic carbocycles. The summed E-state index contributed by atoms with van der Waals surface area (Å²) in [5.74, 6) is 1.96. The van der Waals surface area contributed by atoms with Gasteiger partial charge in [0.2, 0.25) is 11.8 Å². The van der Waals surface area contributed by atoms with Gasteiger partial charge in [0.05, 0.1) is 84.9 Å². The second-order valence-corrected chi connectivity index (χ2v) is 19.8. The standard InChI is InChI=1S/C20H12N4O2S.C20H10N2O5.C20H10N2O4S/c25-19-11-5-1-3-7-13(11)21-17(23-19)15-9-10-16(27-15)18-22-14-8-4-2-6-12(14)20(26)24-18;23-19-11-5-1-3-7-13(11)21-17(26-19)15-9-10-16(25-15)18-22-14-8-4-2-6-12(14)20(24)27-18;23-19-11-5-1-3-7-13(11)21-17(25-19)15-9-10-16(27-15)18-22-14-8-4-2-6-12(14)20(24)26-18/h1-10H,(H,21,23,25)(H,22,24,26);2*1-10H. The van der Waals surface area contributed by atoms with Crippen LogP contribution in [0.1, 0.15) is 0 Å². The summed E-state index contributed by atoms with van der Waals surface area (Å²) in [4.78, 5) is 108. The highest BCUT2D eigenvalue weighted by molar-refractivity contribution is 7.19. The Morgan fingerprint density at radius 1 is 0.272 bits per heavy atom. The van der Waals surface area contributed by atoms with E-state index >= 15 is 0 Å². The highest BCUT2D eigenvalue weighted by Crippen LogP contribution is 2.34. The maximum Gasteiger partial charge on any atom is 0.347 e. The van der Waals surface area contributed by atoms with Crippen molar-refractivity contribution in [1.82, 2.24) is 39.9 Å². The monoisotopic (exact) mass is 1100 g/mol. The SMILES string of the molecule is O=c1[nH]c(-c2ccc(-c3nc4ccccc4c(=O)[nH]3)s2)nc2ccccc12.O=c1oc(-c2ccc(-c3nc4ccccc4c(=O)o3)o2)nc2ccccc12.O=c1oc(-c2ccc(-c3nc4ccccc4c(=O)o3)s2)nc2ccccc12. The largest absolute Gasteiger partial charge is 0.446 e. The van der Waals surface area contributed by atoms with Crippen molar-refractivity contribution in [2.45, 2.75) is 0 Å². The first-order chi connectivity index (χ1) is 39.6. The lowest BCUT2D eigenvalue weighted by Gasteiger charge is -2.01. The Kier molecular flexibility index (Phi) is 12.6. The smallest absolute Gasteiger partial charge is 0.347 e. The van der Waals surface area contributed by atoms with Crippen molar-refractivity contribution < 1.29 is 22.1 Å². The van der Waals surface area contributed by atoms with Gasteiger partial charge in [-0.05, 0) is 109 Å². The molecule has 0 aliphatic rings. The van der Waals surface area contributed by atoms with Crippen LogP contribution in [0.4, 0.5) is 0 Å². The molecule has 0 spiro atoms. The van der Waals surface area contributed by atoms with Crippen molar-refractivity contribution in [2.75, 3.05) is 0 Å².